The second-order valence-electron chi connectivity index (χ2n) is 7.91. The highest BCUT2D eigenvalue weighted by Gasteiger charge is 2.30. The van der Waals surface area contributed by atoms with E-state index in [9.17, 15) is 9.59 Å². The predicted molar refractivity (Wildman–Crippen MR) is 120 cm³/mol. The fourth-order valence-electron chi connectivity index (χ4n) is 3.82. The van der Waals surface area contributed by atoms with Gasteiger partial charge >= 0.3 is 11.9 Å². The highest BCUT2D eigenvalue weighted by atomic mass is 16.6. The summed E-state index contributed by atoms with van der Waals surface area (Å²) in [7, 11) is 6.22. The Hall–Kier alpha value is -3.16. The Bertz CT molecular complexity index is 980. The largest absolute Gasteiger partial charge is 0.496 e. The maximum atomic E-state index is 11.9. The summed E-state index contributed by atoms with van der Waals surface area (Å²) in [6.07, 6.45) is 0.159. The minimum Gasteiger partial charge on any atom is -0.496 e. The maximum Gasteiger partial charge on any atom is 0.303 e. The monoisotopic (exact) mass is 448 g/mol. The van der Waals surface area contributed by atoms with Crippen molar-refractivity contribution < 1.29 is 38.0 Å². The third-order valence-corrected chi connectivity index (χ3v) is 5.10. The molecule has 0 saturated carbocycles. The molecule has 0 aliphatic carbocycles. The number of hydrogen-bond acceptors (Lipinski definition) is 8. The van der Waals surface area contributed by atoms with Gasteiger partial charge in [0.05, 0.1) is 39.2 Å². The molecule has 0 N–H and O–H groups in total. The average molecular weight is 449 g/mol. The van der Waals surface area contributed by atoms with E-state index in [2.05, 4.69) is 0 Å². The van der Waals surface area contributed by atoms with Crippen molar-refractivity contribution in [2.45, 2.75) is 52.2 Å². The molecular weight excluding hydrogens is 416 g/mol. The topological polar surface area (TPSA) is 89.5 Å². The highest BCUT2D eigenvalue weighted by molar-refractivity contribution is 6.03. The molecule has 32 heavy (non-hydrogen) atoms. The van der Waals surface area contributed by atoms with E-state index in [4.69, 9.17) is 28.4 Å². The summed E-state index contributed by atoms with van der Waals surface area (Å²) >= 11 is 0. The van der Waals surface area contributed by atoms with Gasteiger partial charge in [-0.2, -0.15) is 0 Å². The SMILES string of the molecule is COc1ccc(OC)c2c(OC)c(C(CCC(C)(C)OC(C)=O)OC(C)=O)cc(OC)c12. The van der Waals surface area contributed by atoms with E-state index < -0.39 is 17.7 Å². The molecule has 0 aliphatic heterocycles. The van der Waals surface area contributed by atoms with Gasteiger partial charge in [-0.15, -0.1) is 0 Å². The number of carbonyl (C=O) groups is 2. The van der Waals surface area contributed by atoms with Crippen LogP contribution in [0.1, 0.15) is 52.2 Å². The van der Waals surface area contributed by atoms with Crippen molar-refractivity contribution in [2.24, 2.45) is 0 Å². The van der Waals surface area contributed by atoms with Crippen LogP contribution in [0.3, 0.4) is 0 Å². The zero-order valence-electron chi connectivity index (χ0n) is 20.0. The number of esters is 2. The van der Waals surface area contributed by atoms with E-state index in [1.165, 1.54) is 21.0 Å². The van der Waals surface area contributed by atoms with Crippen LogP contribution in [-0.4, -0.2) is 46.0 Å². The lowest BCUT2D eigenvalue weighted by atomic mass is 9.93. The quantitative estimate of drug-likeness (QED) is 0.487. The first-order valence-corrected chi connectivity index (χ1v) is 10.2. The van der Waals surface area contributed by atoms with Gasteiger partial charge in [0.1, 0.15) is 34.7 Å². The Kier molecular flexibility index (Phi) is 8.19. The molecule has 0 bridgehead atoms. The molecule has 0 amide bonds. The molecule has 8 heteroatoms. The summed E-state index contributed by atoms with van der Waals surface area (Å²) in [4.78, 5) is 23.4. The molecule has 1 atom stereocenters. The maximum absolute atomic E-state index is 11.9. The van der Waals surface area contributed by atoms with Crippen molar-refractivity contribution in [2.75, 3.05) is 28.4 Å². The van der Waals surface area contributed by atoms with Gasteiger partial charge in [0.2, 0.25) is 0 Å². The summed E-state index contributed by atoms with van der Waals surface area (Å²) in [6, 6.07) is 5.33. The molecule has 0 radical (unpaired) electrons. The van der Waals surface area contributed by atoms with Crippen molar-refractivity contribution in [1.29, 1.82) is 0 Å². The van der Waals surface area contributed by atoms with Gasteiger partial charge in [-0.1, -0.05) is 0 Å². The van der Waals surface area contributed by atoms with Gasteiger partial charge in [-0.25, -0.2) is 0 Å². The molecule has 0 fully saturated rings. The van der Waals surface area contributed by atoms with E-state index in [0.717, 1.165) is 0 Å². The predicted octanol–water partition coefficient (Wildman–Crippen LogP) is 4.60. The van der Waals surface area contributed by atoms with Crippen LogP contribution in [0.5, 0.6) is 23.0 Å². The van der Waals surface area contributed by atoms with Gasteiger partial charge < -0.3 is 28.4 Å². The minimum absolute atomic E-state index is 0.374. The van der Waals surface area contributed by atoms with Crippen LogP contribution in [0.4, 0.5) is 0 Å². The Balaban J connectivity index is 2.71. The Morgan fingerprint density at radius 1 is 0.844 bits per heavy atom. The van der Waals surface area contributed by atoms with E-state index in [0.29, 0.717) is 52.2 Å². The lowest BCUT2D eigenvalue weighted by molar-refractivity contribution is -0.157. The summed E-state index contributed by atoms with van der Waals surface area (Å²) in [5, 5.41) is 1.32. The molecule has 0 saturated heterocycles. The summed E-state index contributed by atoms with van der Waals surface area (Å²) in [5.41, 5.74) is -0.128. The van der Waals surface area contributed by atoms with E-state index in [1.54, 1.807) is 39.5 Å². The van der Waals surface area contributed by atoms with Gasteiger partial charge in [0.25, 0.3) is 0 Å². The van der Waals surface area contributed by atoms with Crippen molar-refractivity contribution in [3.63, 3.8) is 0 Å². The zero-order chi connectivity index (χ0) is 24.1. The standard InChI is InChI=1S/C24H32O8/c1-14(25)31-17(11-12-24(3,4)32-15(2)26)16-13-20(29-7)21-18(27-5)9-10-19(28-6)22(21)23(16)30-8/h9-10,13,17H,11-12H2,1-8H3. The molecule has 0 spiro atoms. The number of carbonyl (C=O) groups excluding carboxylic acids is 2. The van der Waals surface area contributed by atoms with Gasteiger partial charge in [0, 0.05) is 19.4 Å². The molecule has 2 aromatic rings. The molecular formula is C24H32O8. The molecule has 176 valence electrons. The molecule has 2 rings (SSSR count). The molecule has 0 aliphatic rings. The molecule has 1 unspecified atom stereocenters. The van der Waals surface area contributed by atoms with Crippen molar-refractivity contribution in [1.82, 2.24) is 0 Å². The van der Waals surface area contributed by atoms with Gasteiger partial charge in [-0.05, 0) is 44.9 Å². The van der Waals surface area contributed by atoms with Gasteiger partial charge in [0.15, 0.2) is 0 Å². The summed E-state index contributed by atoms with van der Waals surface area (Å²) in [6.45, 7) is 6.33. The highest BCUT2D eigenvalue weighted by Crippen LogP contribution is 2.49. The Morgan fingerprint density at radius 2 is 1.41 bits per heavy atom. The smallest absolute Gasteiger partial charge is 0.303 e. The molecule has 0 heterocycles. The Morgan fingerprint density at radius 3 is 1.88 bits per heavy atom. The van der Waals surface area contributed by atoms with E-state index in [1.807, 2.05) is 13.8 Å². The normalized spacial score (nSPS) is 12.1. The van der Waals surface area contributed by atoms with Crippen LogP contribution < -0.4 is 18.9 Å². The fraction of sp³-hybridized carbons (Fsp3) is 0.500. The second-order valence-corrected chi connectivity index (χ2v) is 7.91. The first-order chi connectivity index (χ1) is 15.1. The number of methoxy groups -OCH3 is 4. The zero-order valence-corrected chi connectivity index (χ0v) is 20.0. The molecule has 2 aromatic carbocycles. The van der Waals surface area contributed by atoms with Crippen molar-refractivity contribution in [3.8, 4) is 23.0 Å². The van der Waals surface area contributed by atoms with Gasteiger partial charge in [-0.3, -0.25) is 9.59 Å². The summed E-state index contributed by atoms with van der Waals surface area (Å²) < 4.78 is 33.6. The van der Waals surface area contributed by atoms with Crippen molar-refractivity contribution in [3.05, 3.63) is 23.8 Å². The third-order valence-electron chi connectivity index (χ3n) is 5.10. The third kappa shape index (κ3) is 5.55. The Labute approximate surface area is 188 Å². The molecule has 8 nitrogen and oxygen atoms in total. The summed E-state index contributed by atoms with van der Waals surface area (Å²) in [5.74, 6) is 1.32. The fourth-order valence-corrected chi connectivity index (χ4v) is 3.82. The number of benzene rings is 2. The van der Waals surface area contributed by atoms with Crippen LogP contribution >= 0.6 is 0 Å². The number of ether oxygens (including phenoxy) is 6. The van der Waals surface area contributed by atoms with Crippen LogP contribution in [-0.2, 0) is 19.1 Å². The number of rotatable bonds is 10. The van der Waals surface area contributed by atoms with Crippen LogP contribution in [0.2, 0.25) is 0 Å². The van der Waals surface area contributed by atoms with Crippen molar-refractivity contribution >= 4 is 22.7 Å². The van der Waals surface area contributed by atoms with Crippen LogP contribution in [0.15, 0.2) is 18.2 Å². The second kappa shape index (κ2) is 10.4. The first-order valence-electron chi connectivity index (χ1n) is 10.2. The number of hydrogen-bond donors (Lipinski definition) is 0. The van der Waals surface area contributed by atoms with Crippen LogP contribution in [0, 0.1) is 0 Å². The number of fused-ring (bicyclic) bond motifs is 1. The van der Waals surface area contributed by atoms with E-state index >= 15 is 0 Å². The average Bonchev–Trinajstić information content (AvgIpc) is 2.73. The molecule has 0 aromatic heterocycles. The first kappa shape index (κ1) is 25.1. The lowest BCUT2D eigenvalue weighted by Gasteiger charge is -2.28. The van der Waals surface area contributed by atoms with E-state index in [-0.39, 0.29) is 5.97 Å². The van der Waals surface area contributed by atoms with Crippen LogP contribution in [0.25, 0.3) is 10.8 Å². The minimum atomic E-state index is -0.737. The lowest BCUT2D eigenvalue weighted by Crippen LogP contribution is -2.28.